The Morgan fingerprint density at radius 2 is 1.95 bits per heavy atom. The van der Waals surface area contributed by atoms with Gasteiger partial charge < -0.3 is 20.3 Å². The second-order valence-corrected chi connectivity index (χ2v) is 6.63. The minimum atomic E-state index is -0.768. The maximum atomic E-state index is 11.9. The molecule has 1 saturated heterocycles. The number of piperidine rings is 1. The normalized spacial score (nSPS) is 33.4. The second-order valence-electron chi connectivity index (χ2n) is 6.63. The molecule has 5 heteroatoms. The molecule has 0 aromatic carbocycles. The summed E-state index contributed by atoms with van der Waals surface area (Å²) in [5, 5.41) is 0. The number of hydrogen-bond acceptors (Lipinski definition) is 5. The molecule has 1 aliphatic heterocycles. The number of likely N-dealkylation sites (tertiary alicyclic amines) is 1. The van der Waals surface area contributed by atoms with Crippen LogP contribution in [0.1, 0.15) is 38.5 Å². The van der Waals surface area contributed by atoms with Crippen molar-refractivity contribution in [1.29, 1.82) is 0 Å². The van der Waals surface area contributed by atoms with Gasteiger partial charge in [0.15, 0.2) is 0 Å². The smallest absolute Gasteiger partial charge is 0.325 e. The van der Waals surface area contributed by atoms with E-state index in [2.05, 4.69) is 23.9 Å². The van der Waals surface area contributed by atoms with Gasteiger partial charge in [0, 0.05) is 12.1 Å². The summed E-state index contributed by atoms with van der Waals surface area (Å²) in [5.41, 5.74) is 5.51. The van der Waals surface area contributed by atoms with Gasteiger partial charge in [0.2, 0.25) is 0 Å². The first-order valence-electron chi connectivity index (χ1n) is 7.74. The molecule has 1 saturated carbocycles. The molecule has 0 radical (unpaired) electrons. The summed E-state index contributed by atoms with van der Waals surface area (Å²) in [4.78, 5) is 16.7. The van der Waals surface area contributed by atoms with Crippen molar-refractivity contribution in [3.8, 4) is 0 Å². The van der Waals surface area contributed by atoms with Gasteiger partial charge in [-0.3, -0.25) is 4.79 Å². The highest BCUT2D eigenvalue weighted by atomic mass is 16.5. The van der Waals surface area contributed by atoms with Gasteiger partial charge in [0.1, 0.15) is 5.54 Å². The van der Waals surface area contributed by atoms with Crippen LogP contribution in [0.3, 0.4) is 0 Å². The number of carbonyl (C=O) groups is 1. The van der Waals surface area contributed by atoms with Gasteiger partial charge in [0.05, 0.1) is 7.11 Å². The molecule has 0 spiro atoms. The summed E-state index contributed by atoms with van der Waals surface area (Å²) in [6.07, 6.45) is 6.09. The molecule has 5 nitrogen and oxygen atoms in total. The van der Waals surface area contributed by atoms with Gasteiger partial charge in [-0.05, 0) is 65.7 Å². The van der Waals surface area contributed by atoms with Crippen LogP contribution in [0.4, 0.5) is 0 Å². The highest BCUT2D eigenvalue weighted by Crippen LogP contribution is 2.32. The fourth-order valence-corrected chi connectivity index (χ4v) is 3.75. The second kappa shape index (κ2) is 6.41. The molecule has 1 aliphatic carbocycles. The van der Waals surface area contributed by atoms with Crippen LogP contribution in [0.2, 0.25) is 0 Å². The van der Waals surface area contributed by atoms with E-state index in [1.807, 2.05) is 0 Å². The Morgan fingerprint density at radius 1 is 1.30 bits per heavy atom. The maximum absolute atomic E-state index is 11.9. The summed E-state index contributed by atoms with van der Waals surface area (Å²) in [6, 6.07) is 1.13. The van der Waals surface area contributed by atoms with E-state index < -0.39 is 5.54 Å². The van der Waals surface area contributed by atoms with Crippen LogP contribution in [-0.2, 0) is 9.53 Å². The van der Waals surface area contributed by atoms with Crippen LogP contribution >= 0.6 is 0 Å². The average Bonchev–Trinajstić information content (AvgIpc) is 2.46. The zero-order valence-electron chi connectivity index (χ0n) is 13.1. The first-order valence-corrected chi connectivity index (χ1v) is 7.74. The SMILES string of the molecule is COC(=O)C1(N)CCCC(N2CCC(N(C)C)CC2)C1. The zero-order chi connectivity index (χ0) is 14.8. The number of esters is 1. The van der Waals surface area contributed by atoms with Crippen LogP contribution in [0, 0.1) is 0 Å². The molecule has 1 heterocycles. The number of nitrogens with zero attached hydrogens (tertiary/aromatic N) is 2. The molecule has 116 valence electrons. The Kier molecular flexibility index (Phi) is 5.04. The number of hydrogen-bond donors (Lipinski definition) is 1. The van der Waals surface area contributed by atoms with Crippen molar-refractivity contribution in [2.45, 2.75) is 56.1 Å². The fourth-order valence-electron chi connectivity index (χ4n) is 3.75. The lowest BCUT2D eigenvalue weighted by molar-refractivity contribution is -0.149. The molecule has 2 fully saturated rings. The third kappa shape index (κ3) is 3.32. The lowest BCUT2D eigenvalue weighted by Gasteiger charge is -2.44. The van der Waals surface area contributed by atoms with Crippen LogP contribution in [0.25, 0.3) is 0 Å². The third-order valence-corrected chi connectivity index (χ3v) is 5.10. The van der Waals surface area contributed by atoms with E-state index in [1.54, 1.807) is 0 Å². The predicted octanol–water partition coefficient (Wildman–Crippen LogP) is 0.826. The molecule has 2 atom stereocenters. The summed E-state index contributed by atoms with van der Waals surface area (Å²) < 4.78 is 4.89. The summed E-state index contributed by atoms with van der Waals surface area (Å²) >= 11 is 0. The molecule has 0 amide bonds. The van der Waals surface area contributed by atoms with Crippen molar-refractivity contribution in [2.24, 2.45) is 5.73 Å². The van der Waals surface area contributed by atoms with Gasteiger partial charge in [-0.25, -0.2) is 0 Å². The van der Waals surface area contributed by atoms with E-state index in [9.17, 15) is 4.79 Å². The lowest BCUT2D eigenvalue weighted by atomic mass is 9.78. The van der Waals surface area contributed by atoms with Crippen molar-refractivity contribution in [3.63, 3.8) is 0 Å². The third-order valence-electron chi connectivity index (χ3n) is 5.10. The largest absolute Gasteiger partial charge is 0.468 e. The minimum absolute atomic E-state index is 0.245. The molecular formula is C15H29N3O2. The van der Waals surface area contributed by atoms with Crippen molar-refractivity contribution in [1.82, 2.24) is 9.80 Å². The van der Waals surface area contributed by atoms with Crippen LogP contribution < -0.4 is 5.73 Å². The van der Waals surface area contributed by atoms with E-state index in [4.69, 9.17) is 10.5 Å². The average molecular weight is 283 g/mol. The first-order chi connectivity index (χ1) is 9.46. The Bertz CT molecular complexity index is 340. The minimum Gasteiger partial charge on any atom is -0.468 e. The maximum Gasteiger partial charge on any atom is 0.325 e. The topological polar surface area (TPSA) is 58.8 Å². The molecule has 2 rings (SSSR count). The van der Waals surface area contributed by atoms with Gasteiger partial charge >= 0.3 is 5.97 Å². The van der Waals surface area contributed by atoms with Crippen molar-refractivity contribution < 1.29 is 9.53 Å². The van der Waals surface area contributed by atoms with Gasteiger partial charge in [-0.15, -0.1) is 0 Å². The monoisotopic (exact) mass is 283 g/mol. The number of ether oxygens (including phenoxy) is 1. The number of carbonyl (C=O) groups excluding carboxylic acids is 1. The van der Waals surface area contributed by atoms with Crippen LogP contribution in [-0.4, -0.2) is 67.7 Å². The fraction of sp³-hybridized carbons (Fsp3) is 0.933. The molecule has 0 bridgehead atoms. The number of nitrogens with two attached hydrogens (primary N) is 1. The summed E-state index contributed by atoms with van der Waals surface area (Å²) in [6.45, 7) is 2.23. The Balaban J connectivity index is 1.92. The molecule has 0 aromatic rings. The molecule has 2 aliphatic rings. The van der Waals surface area contributed by atoms with E-state index in [1.165, 1.54) is 20.0 Å². The standard InChI is InChI=1S/C15H29N3O2/c1-17(2)12-6-9-18(10-7-12)13-5-4-8-15(16,11-13)14(19)20-3/h12-13H,4-11,16H2,1-3H3. The molecule has 20 heavy (non-hydrogen) atoms. The van der Waals surface area contributed by atoms with E-state index in [-0.39, 0.29) is 5.97 Å². The highest BCUT2D eigenvalue weighted by Gasteiger charge is 2.42. The number of rotatable bonds is 3. The zero-order valence-corrected chi connectivity index (χ0v) is 13.1. The predicted molar refractivity (Wildman–Crippen MR) is 79.5 cm³/mol. The van der Waals surface area contributed by atoms with E-state index >= 15 is 0 Å². The van der Waals surface area contributed by atoms with Gasteiger partial charge in [-0.1, -0.05) is 0 Å². The van der Waals surface area contributed by atoms with Gasteiger partial charge in [-0.2, -0.15) is 0 Å². The Morgan fingerprint density at radius 3 is 2.50 bits per heavy atom. The van der Waals surface area contributed by atoms with Crippen molar-refractivity contribution in [3.05, 3.63) is 0 Å². The molecule has 0 aromatic heterocycles. The molecule has 2 unspecified atom stereocenters. The van der Waals surface area contributed by atoms with E-state index in [0.717, 1.165) is 38.8 Å². The van der Waals surface area contributed by atoms with Crippen molar-refractivity contribution in [2.75, 3.05) is 34.3 Å². The van der Waals surface area contributed by atoms with Crippen molar-refractivity contribution >= 4 is 5.97 Å². The number of methoxy groups -OCH3 is 1. The van der Waals surface area contributed by atoms with Crippen LogP contribution in [0.5, 0.6) is 0 Å². The lowest BCUT2D eigenvalue weighted by Crippen LogP contribution is -2.57. The van der Waals surface area contributed by atoms with Crippen LogP contribution in [0.15, 0.2) is 0 Å². The first kappa shape index (κ1) is 15.7. The highest BCUT2D eigenvalue weighted by molar-refractivity contribution is 5.80. The molecule has 2 N–H and O–H groups in total. The summed E-state index contributed by atoms with van der Waals surface area (Å²) in [7, 11) is 5.75. The summed E-state index contributed by atoms with van der Waals surface area (Å²) in [5.74, 6) is -0.245. The van der Waals surface area contributed by atoms with Gasteiger partial charge in [0.25, 0.3) is 0 Å². The Labute approximate surface area is 122 Å². The quantitative estimate of drug-likeness (QED) is 0.777. The van der Waals surface area contributed by atoms with E-state index in [0.29, 0.717) is 12.1 Å². The Hall–Kier alpha value is -0.650. The molecular weight excluding hydrogens is 254 g/mol.